The molecule has 150 valence electrons. The third-order valence-corrected chi connectivity index (χ3v) is 7.27. The van der Waals surface area contributed by atoms with Crippen LogP contribution in [0.5, 0.6) is 0 Å². The van der Waals surface area contributed by atoms with Gasteiger partial charge in [-0.15, -0.1) is 0 Å². The van der Waals surface area contributed by atoms with Crippen LogP contribution in [-0.4, -0.2) is 72.5 Å². The molecule has 1 aromatic rings. The zero-order valence-electron chi connectivity index (χ0n) is 16.9. The fraction of sp³-hybridized carbons (Fsp3) is 0.739. The molecule has 3 heterocycles. The van der Waals surface area contributed by atoms with Crippen LogP contribution in [0.25, 0.3) is 0 Å². The van der Waals surface area contributed by atoms with Gasteiger partial charge in [0.25, 0.3) is 0 Å². The van der Waals surface area contributed by atoms with E-state index >= 15 is 0 Å². The molecule has 0 radical (unpaired) electrons. The van der Waals surface area contributed by atoms with Gasteiger partial charge in [-0.1, -0.05) is 37.3 Å². The molecule has 3 fully saturated rings. The van der Waals surface area contributed by atoms with Gasteiger partial charge in [-0.2, -0.15) is 0 Å². The van der Waals surface area contributed by atoms with Crippen molar-refractivity contribution in [2.45, 2.75) is 62.5 Å². The van der Waals surface area contributed by atoms with Gasteiger partial charge in [0.2, 0.25) is 0 Å². The van der Waals surface area contributed by atoms with Gasteiger partial charge in [0.1, 0.15) is 0 Å². The van der Waals surface area contributed by atoms with E-state index in [0.29, 0.717) is 6.04 Å². The number of aliphatic hydroxyl groups is 1. The van der Waals surface area contributed by atoms with E-state index in [1.807, 2.05) is 0 Å². The number of hydrogen-bond acceptors (Lipinski definition) is 4. The Balaban J connectivity index is 1.29. The Morgan fingerprint density at radius 1 is 1.11 bits per heavy atom. The van der Waals surface area contributed by atoms with Crippen LogP contribution in [0.3, 0.4) is 0 Å². The first-order valence-electron chi connectivity index (χ1n) is 10.9. The quantitative estimate of drug-likeness (QED) is 0.862. The molecule has 0 aromatic heterocycles. The largest absolute Gasteiger partial charge is 0.390 e. The molecule has 3 saturated heterocycles. The van der Waals surface area contributed by atoms with Crippen LogP contribution in [0.15, 0.2) is 30.3 Å². The summed E-state index contributed by atoms with van der Waals surface area (Å²) in [5, 5.41) is 11.2. The highest BCUT2D eigenvalue weighted by molar-refractivity contribution is 5.26. The molecular formula is C23H36N2O2. The fourth-order valence-electron chi connectivity index (χ4n) is 5.47. The van der Waals surface area contributed by atoms with Crippen molar-refractivity contribution in [3.8, 4) is 0 Å². The van der Waals surface area contributed by atoms with Crippen LogP contribution >= 0.6 is 0 Å². The van der Waals surface area contributed by atoms with Gasteiger partial charge < -0.3 is 9.84 Å². The second-order valence-electron chi connectivity index (χ2n) is 9.33. The maximum absolute atomic E-state index is 11.2. The first-order valence-corrected chi connectivity index (χ1v) is 10.9. The third kappa shape index (κ3) is 4.56. The van der Waals surface area contributed by atoms with Crippen molar-refractivity contribution >= 4 is 0 Å². The van der Waals surface area contributed by atoms with Gasteiger partial charge in [0.05, 0.1) is 18.8 Å². The van der Waals surface area contributed by atoms with Gasteiger partial charge in [-0.05, 0) is 50.6 Å². The van der Waals surface area contributed by atoms with E-state index in [2.05, 4.69) is 47.1 Å². The number of nitrogens with zero attached hydrogens (tertiary/aromatic N) is 2. The maximum atomic E-state index is 11.2. The summed E-state index contributed by atoms with van der Waals surface area (Å²) in [6, 6.07) is 11.6. The Kier molecular flexibility index (Phi) is 5.89. The molecule has 0 bridgehead atoms. The zero-order valence-corrected chi connectivity index (χ0v) is 16.9. The minimum absolute atomic E-state index is 0.254. The number of hydrogen-bond donors (Lipinski definition) is 1. The number of piperidine rings is 2. The smallest absolute Gasteiger partial charge is 0.0675 e. The molecule has 0 amide bonds. The summed E-state index contributed by atoms with van der Waals surface area (Å²) in [5.74, 6) is 0. The minimum atomic E-state index is -0.450. The molecule has 27 heavy (non-hydrogen) atoms. The predicted octanol–water partition coefficient (Wildman–Crippen LogP) is 3.05. The highest BCUT2D eigenvalue weighted by atomic mass is 16.5. The van der Waals surface area contributed by atoms with Crippen LogP contribution in [0.2, 0.25) is 0 Å². The average molecular weight is 373 g/mol. The molecule has 0 aliphatic carbocycles. The van der Waals surface area contributed by atoms with Crippen molar-refractivity contribution in [2.75, 3.05) is 45.9 Å². The lowest BCUT2D eigenvalue weighted by molar-refractivity contribution is -0.0734. The summed E-state index contributed by atoms with van der Waals surface area (Å²) in [6.45, 7) is 9.52. The standard InChI is InChI=1S/C23H36N2O2/c1-22(20-6-3-2-4-7-20)10-8-21-18-23(26,11-13-25(21)19-22)9-5-12-24-14-16-27-17-15-24/h2-4,6-7,21,26H,5,8-19H2,1H3. The Morgan fingerprint density at radius 3 is 2.67 bits per heavy atom. The maximum Gasteiger partial charge on any atom is 0.0675 e. The second kappa shape index (κ2) is 8.20. The SMILES string of the molecule is CC1(c2ccccc2)CCC2CC(O)(CCCN3CCOCC3)CCN2C1. The van der Waals surface area contributed by atoms with E-state index in [1.165, 1.54) is 18.4 Å². The Morgan fingerprint density at radius 2 is 1.89 bits per heavy atom. The van der Waals surface area contributed by atoms with Crippen molar-refractivity contribution in [3.05, 3.63) is 35.9 Å². The lowest BCUT2D eigenvalue weighted by atomic mass is 9.70. The number of rotatable bonds is 5. The first kappa shape index (κ1) is 19.4. The summed E-state index contributed by atoms with van der Waals surface area (Å²) in [7, 11) is 0. The van der Waals surface area contributed by atoms with Crippen molar-refractivity contribution in [1.82, 2.24) is 9.80 Å². The van der Waals surface area contributed by atoms with Crippen molar-refractivity contribution in [1.29, 1.82) is 0 Å². The van der Waals surface area contributed by atoms with Crippen LogP contribution < -0.4 is 0 Å². The molecule has 3 aliphatic rings. The lowest BCUT2D eigenvalue weighted by Crippen LogP contribution is -2.57. The number of benzene rings is 1. The fourth-order valence-corrected chi connectivity index (χ4v) is 5.47. The zero-order chi connectivity index (χ0) is 18.7. The van der Waals surface area contributed by atoms with E-state index in [1.54, 1.807) is 0 Å². The molecule has 3 aliphatic heterocycles. The molecule has 4 rings (SSSR count). The van der Waals surface area contributed by atoms with Gasteiger partial charge in [0.15, 0.2) is 0 Å². The van der Waals surface area contributed by atoms with E-state index in [0.717, 1.165) is 71.6 Å². The van der Waals surface area contributed by atoms with Crippen molar-refractivity contribution in [2.24, 2.45) is 0 Å². The van der Waals surface area contributed by atoms with E-state index < -0.39 is 5.60 Å². The number of morpholine rings is 1. The predicted molar refractivity (Wildman–Crippen MR) is 109 cm³/mol. The molecule has 4 heteroatoms. The minimum Gasteiger partial charge on any atom is -0.390 e. The van der Waals surface area contributed by atoms with Gasteiger partial charge in [-0.3, -0.25) is 9.80 Å². The van der Waals surface area contributed by atoms with E-state index in [4.69, 9.17) is 4.74 Å². The van der Waals surface area contributed by atoms with Gasteiger partial charge in [-0.25, -0.2) is 0 Å². The Labute approximate surface area is 164 Å². The third-order valence-electron chi connectivity index (χ3n) is 7.27. The monoisotopic (exact) mass is 372 g/mol. The van der Waals surface area contributed by atoms with Crippen LogP contribution in [-0.2, 0) is 10.2 Å². The molecule has 0 spiro atoms. The van der Waals surface area contributed by atoms with Gasteiger partial charge in [0, 0.05) is 37.6 Å². The molecular weight excluding hydrogens is 336 g/mol. The summed E-state index contributed by atoms with van der Waals surface area (Å²) >= 11 is 0. The second-order valence-corrected chi connectivity index (χ2v) is 9.33. The number of ether oxygens (including phenoxy) is 1. The normalized spacial score (nSPS) is 35.7. The molecule has 3 unspecified atom stereocenters. The molecule has 1 aromatic carbocycles. The van der Waals surface area contributed by atoms with E-state index in [9.17, 15) is 5.11 Å². The summed E-state index contributed by atoms with van der Waals surface area (Å²) in [4.78, 5) is 5.14. The van der Waals surface area contributed by atoms with Gasteiger partial charge >= 0.3 is 0 Å². The summed E-state index contributed by atoms with van der Waals surface area (Å²) in [6.07, 6.45) is 6.37. The molecule has 1 N–H and O–H groups in total. The highest BCUT2D eigenvalue weighted by Crippen LogP contribution is 2.42. The lowest BCUT2D eigenvalue weighted by Gasteiger charge is -2.51. The Hall–Kier alpha value is -0.940. The summed E-state index contributed by atoms with van der Waals surface area (Å²) < 4.78 is 5.43. The first-order chi connectivity index (χ1) is 13.1. The average Bonchev–Trinajstić information content (AvgIpc) is 2.70. The molecule has 4 nitrogen and oxygen atoms in total. The van der Waals surface area contributed by atoms with Crippen LogP contribution in [0.1, 0.15) is 51.0 Å². The van der Waals surface area contributed by atoms with Crippen molar-refractivity contribution in [3.63, 3.8) is 0 Å². The van der Waals surface area contributed by atoms with E-state index in [-0.39, 0.29) is 5.41 Å². The van der Waals surface area contributed by atoms with Crippen LogP contribution in [0, 0.1) is 0 Å². The molecule has 0 saturated carbocycles. The van der Waals surface area contributed by atoms with Crippen molar-refractivity contribution < 1.29 is 9.84 Å². The number of fused-ring (bicyclic) bond motifs is 1. The Bertz CT molecular complexity index is 604. The van der Waals surface area contributed by atoms with Crippen LogP contribution in [0.4, 0.5) is 0 Å². The summed E-state index contributed by atoms with van der Waals surface area (Å²) in [5.41, 5.74) is 1.27. The molecule has 3 atom stereocenters. The topological polar surface area (TPSA) is 35.9 Å². The highest BCUT2D eigenvalue weighted by Gasteiger charge is 2.44.